The molecule has 1 amide bonds. The molecule has 0 spiro atoms. The van der Waals surface area contributed by atoms with E-state index in [0.29, 0.717) is 11.6 Å². The van der Waals surface area contributed by atoms with E-state index in [1.54, 1.807) is 0 Å². The molecule has 4 heteroatoms. The van der Waals surface area contributed by atoms with Crippen molar-refractivity contribution >= 4 is 5.91 Å². The number of rotatable bonds is 3. The molecular formula is C13H20N2O2. The number of aliphatic hydroxyl groups is 1. The van der Waals surface area contributed by atoms with Gasteiger partial charge in [-0.1, -0.05) is 0 Å². The van der Waals surface area contributed by atoms with Crippen molar-refractivity contribution in [2.45, 2.75) is 31.8 Å². The van der Waals surface area contributed by atoms with E-state index in [9.17, 15) is 9.90 Å². The summed E-state index contributed by atoms with van der Waals surface area (Å²) >= 11 is 0. The van der Waals surface area contributed by atoms with Gasteiger partial charge in [0.25, 0.3) is 5.91 Å². The number of amides is 1. The molecule has 1 aromatic rings. The summed E-state index contributed by atoms with van der Waals surface area (Å²) in [5.74, 6) is 0.506. The fourth-order valence-corrected chi connectivity index (χ4v) is 2.37. The van der Waals surface area contributed by atoms with Gasteiger partial charge in [-0.15, -0.1) is 0 Å². The summed E-state index contributed by atoms with van der Waals surface area (Å²) in [6, 6.07) is 3.69. The zero-order chi connectivity index (χ0) is 12.3. The first-order chi connectivity index (χ1) is 8.16. The first-order valence-corrected chi connectivity index (χ1v) is 6.24. The molecule has 0 unspecified atom stereocenters. The van der Waals surface area contributed by atoms with Gasteiger partial charge in [-0.2, -0.15) is 0 Å². The largest absolute Gasteiger partial charge is 0.393 e. The van der Waals surface area contributed by atoms with Crippen LogP contribution in [0.5, 0.6) is 0 Å². The van der Waals surface area contributed by atoms with Crippen LogP contribution in [-0.2, 0) is 7.05 Å². The summed E-state index contributed by atoms with van der Waals surface area (Å²) < 4.78 is 1.82. The van der Waals surface area contributed by atoms with Crippen LogP contribution in [0.2, 0.25) is 0 Å². The molecule has 1 aliphatic rings. The molecule has 0 aromatic carbocycles. The first kappa shape index (κ1) is 12.2. The van der Waals surface area contributed by atoms with Gasteiger partial charge >= 0.3 is 0 Å². The van der Waals surface area contributed by atoms with Gasteiger partial charge in [0, 0.05) is 19.8 Å². The zero-order valence-corrected chi connectivity index (χ0v) is 10.2. The number of nitrogens with zero attached hydrogens (tertiary/aromatic N) is 1. The third kappa shape index (κ3) is 3.09. The fourth-order valence-electron chi connectivity index (χ4n) is 2.37. The second-order valence-corrected chi connectivity index (χ2v) is 4.89. The average molecular weight is 236 g/mol. The van der Waals surface area contributed by atoms with Crippen molar-refractivity contribution in [3.63, 3.8) is 0 Å². The second-order valence-electron chi connectivity index (χ2n) is 4.89. The summed E-state index contributed by atoms with van der Waals surface area (Å²) in [7, 11) is 1.87. The molecule has 1 aromatic heterocycles. The lowest BCUT2D eigenvalue weighted by Crippen LogP contribution is -2.32. The molecule has 0 radical (unpaired) electrons. The van der Waals surface area contributed by atoms with Gasteiger partial charge < -0.3 is 15.0 Å². The highest BCUT2D eigenvalue weighted by Crippen LogP contribution is 2.23. The van der Waals surface area contributed by atoms with E-state index >= 15 is 0 Å². The van der Waals surface area contributed by atoms with Crippen molar-refractivity contribution < 1.29 is 9.90 Å². The van der Waals surface area contributed by atoms with Crippen LogP contribution in [0, 0.1) is 5.92 Å². The van der Waals surface area contributed by atoms with Gasteiger partial charge in [0.15, 0.2) is 0 Å². The topological polar surface area (TPSA) is 54.3 Å². The van der Waals surface area contributed by atoms with Crippen molar-refractivity contribution in [1.82, 2.24) is 9.88 Å². The van der Waals surface area contributed by atoms with Gasteiger partial charge in [-0.05, 0) is 43.7 Å². The molecule has 17 heavy (non-hydrogen) atoms. The predicted molar refractivity (Wildman–Crippen MR) is 65.7 cm³/mol. The highest BCUT2D eigenvalue weighted by molar-refractivity contribution is 5.92. The van der Waals surface area contributed by atoms with Gasteiger partial charge in [-0.3, -0.25) is 4.79 Å². The maximum atomic E-state index is 11.9. The molecule has 1 saturated carbocycles. The molecule has 1 fully saturated rings. The molecular weight excluding hydrogens is 216 g/mol. The lowest BCUT2D eigenvalue weighted by atomic mass is 9.87. The number of hydrogen-bond donors (Lipinski definition) is 2. The zero-order valence-electron chi connectivity index (χ0n) is 10.2. The second kappa shape index (κ2) is 5.36. The van der Waals surface area contributed by atoms with Crippen LogP contribution in [0.3, 0.4) is 0 Å². The molecule has 0 aliphatic heterocycles. The summed E-state index contributed by atoms with van der Waals surface area (Å²) in [6.45, 7) is 0.719. The van der Waals surface area contributed by atoms with Crippen LogP contribution in [0.25, 0.3) is 0 Å². The Bertz CT molecular complexity index is 379. The van der Waals surface area contributed by atoms with Crippen molar-refractivity contribution in [2.24, 2.45) is 13.0 Å². The van der Waals surface area contributed by atoms with Crippen LogP contribution in [0.4, 0.5) is 0 Å². The van der Waals surface area contributed by atoms with Gasteiger partial charge in [0.2, 0.25) is 0 Å². The molecule has 2 N–H and O–H groups in total. The highest BCUT2D eigenvalue weighted by atomic mass is 16.3. The molecule has 0 atom stereocenters. The Morgan fingerprint density at radius 2 is 2.18 bits per heavy atom. The average Bonchev–Trinajstić information content (AvgIpc) is 2.74. The number of carbonyl (C=O) groups excluding carboxylic acids is 1. The number of hydrogen-bond acceptors (Lipinski definition) is 2. The molecule has 94 valence electrons. The van der Waals surface area contributed by atoms with Crippen molar-refractivity contribution in [2.75, 3.05) is 6.54 Å². The predicted octanol–water partition coefficient (Wildman–Crippen LogP) is 1.31. The molecule has 0 saturated heterocycles. The quantitative estimate of drug-likeness (QED) is 0.831. The summed E-state index contributed by atoms with van der Waals surface area (Å²) in [4.78, 5) is 11.9. The van der Waals surface area contributed by atoms with E-state index in [2.05, 4.69) is 5.32 Å². The van der Waals surface area contributed by atoms with Crippen LogP contribution in [0.15, 0.2) is 18.3 Å². The SMILES string of the molecule is Cn1cccc1C(=O)NCC1CCC(O)CC1. The molecule has 1 heterocycles. The van der Waals surface area contributed by atoms with Crippen LogP contribution < -0.4 is 5.32 Å². The smallest absolute Gasteiger partial charge is 0.267 e. The summed E-state index contributed by atoms with van der Waals surface area (Å²) in [5.41, 5.74) is 0.695. The Morgan fingerprint density at radius 1 is 1.47 bits per heavy atom. The third-order valence-electron chi connectivity index (χ3n) is 3.54. The van der Waals surface area contributed by atoms with E-state index in [4.69, 9.17) is 0 Å². The lowest BCUT2D eigenvalue weighted by Gasteiger charge is -2.25. The van der Waals surface area contributed by atoms with Gasteiger partial charge in [0.05, 0.1) is 6.10 Å². The number of nitrogens with one attached hydrogen (secondary N) is 1. The molecule has 2 rings (SSSR count). The lowest BCUT2D eigenvalue weighted by molar-refractivity contribution is 0.0903. The number of aliphatic hydroxyl groups excluding tert-OH is 1. The van der Waals surface area contributed by atoms with Crippen molar-refractivity contribution in [1.29, 1.82) is 0 Å². The van der Waals surface area contributed by atoms with Crippen LogP contribution >= 0.6 is 0 Å². The Balaban J connectivity index is 1.79. The third-order valence-corrected chi connectivity index (χ3v) is 3.54. The minimum atomic E-state index is -0.130. The fraction of sp³-hybridized carbons (Fsp3) is 0.615. The normalized spacial score (nSPS) is 24.6. The molecule has 0 bridgehead atoms. The van der Waals surface area contributed by atoms with E-state index in [1.165, 1.54) is 0 Å². The van der Waals surface area contributed by atoms with E-state index in [-0.39, 0.29) is 12.0 Å². The van der Waals surface area contributed by atoms with Gasteiger partial charge in [0.1, 0.15) is 5.69 Å². The monoisotopic (exact) mass is 236 g/mol. The number of aryl methyl sites for hydroxylation is 1. The van der Waals surface area contributed by atoms with Crippen LogP contribution in [-0.4, -0.2) is 28.2 Å². The maximum absolute atomic E-state index is 11.9. The Labute approximate surface area is 102 Å². The number of aromatic nitrogens is 1. The van der Waals surface area contributed by atoms with E-state index in [1.807, 2.05) is 29.9 Å². The van der Waals surface area contributed by atoms with Gasteiger partial charge in [-0.25, -0.2) is 0 Å². The minimum absolute atomic E-state index is 0.0105. The molecule has 1 aliphatic carbocycles. The summed E-state index contributed by atoms with van der Waals surface area (Å²) in [6.07, 6.45) is 5.49. The van der Waals surface area contributed by atoms with E-state index in [0.717, 1.165) is 32.2 Å². The van der Waals surface area contributed by atoms with E-state index < -0.39 is 0 Å². The Morgan fingerprint density at radius 3 is 2.76 bits per heavy atom. The Kier molecular flexibility index (Phi) is 3.84. The first-order valence-electron chi connectivity index (χ1n) is 6.24. The molecule has 4 nitrogen and oxygen atoms in total. The maximum Gasteiger partial charge on any atom is 0.267 e. The van der Waals surface area contributed by atoms with Crippen molar-refractivity contribution in [3.8, 4) is 0 Å². The van der Waals surface area contributed by atoms with Crippen molar-refractivity contribution in [3.05, 3.63) is 24.0 Å². The number of carbonyl (C=O) groups is 1. The van der Waals surface area contributed by atoms with Crippen LogP contribution in [0.1, 0.15) is 36.2 Å². The highest BCUT2D eigenvalue weighted by Gasteiger charge is 2.20. The summed E-state index contributed by atoms with van der Waals surface area (Å²) in [5, 5.41) is 12.4. The standard InChI is InChI=1S/C13H20N2O2/c1-15-8-2-3-12(15)13(17)14-9-10-4-6-11(16)7-5-10/h2-3,8,10-11,16H,4-7,9H2,1H3,(H,14,17). The Hall–Kier alpha value is -1.29. The minimum Gasteiger partial charge on any atom is -0.393 e.